The number of hydrogen-bond acceptors (Lipinski definition) is 5. The van der Waals surface area contributed by atoms with E-state index in [9.17, 15) is 13.2 Å². The molecule has 1 saturated heterocycles. The monoisotopic (exact) mass is 370 g/mol. The average Bonchev–Trinajstić information content (AvgIpc) is 2.89. The highest BCUT2D eigenvalue weighted by Gasteiger charge is 2.28. The summed E-state index contributed by atoms with van der Waals surface area (Å²) in [6.07, 6.45) is 0.641. The van der Waals surface area contributed by atoms with Crippen LogP contribution < -0.4 is 11.1 Å². The number of amides is 1. The summed E-state index contributed by atoms with van der Waals surface area (Å²) in [5.41, 5.74) is 8.38. The van der Waals surface area contributed by atoms with Crippen LogP contribution in [-0.4, -0.2) is 43.4 Å². The summed E-state index contributed by atoms with van der Waals surface area (Å²) in [6, 6.07) is 7.90. The van der Waals surface area contributed by atoms with E-state index in [1.165, 1.54) is 17.3 Å². The molecule has 1 aromatic rings. The van der Waals surface area contributed by atoms with Crippen LogP contribution in [-0.2, 0) is 14.6 Å². The van der Waals surface area contributed by atoms with Gasteiger partial charge in [0.1, 0.15) is 0 Å². The van der Waals surface area contributed by atoms with Gasteiger partial charge in [-0.1, -0.05) is 38.1 Å². The van der Waals surface area contributed by atoms with Crippen molar-refractivity contribution < 1.29 is 13.2 Å². The van der Waals surface area contributed by atoms with Crippen molar-refractivity contribution >= 4 is 27.5 Å². The number of nitrogens with two attached hydrogens (primary N) is 1. The Labute approximate surface area is 148 Å². The first-order chi connectivity index (χ1) is 11.3. The second-order valence-corrected chi connectivity index (χ2v) is 10.1. The van der Waals surface area contributed by atoms with E-state index in [0.29, 0.717) is 18.9 Å². The Bertz CT molecular complexity index is 657. The lowest BCUT2D eigenvalue weighted by atomic mass is 9.99. The second-order valence-electron chi connectivity index (χ2n) is 6.57. The fourth-order valence-corrected chi connectivity index (χ4v) is 6.08. The van der Waals surface area contributed by atoms with Gasteiger partial charge >= 0.3 is 0 Å². The van der Waals surface area contributed by atoms with E-state index in [-0.39, 0.29) is 34.5 Å². The fraction of sp³-hybridized carbons (Fsp3) is 0.588. The minimum absolute atomic E-state index is 0.0398. The number of sulfone groups is 1. The number of rotatable bonds is 7. The normalized spacial score (nSPS) is 20.9. The smallest absolute Gasteiger partial charge is 0.230 e. The summed E-state index contributed by atoms with van der Waals surface area (Å²) < 4.78 is 22.8. The van der Waals surface area contributed by atoms with Crippen LogP contribution in [0.1, 0.15) is 43.4 Å². The lowest BCUT2D eigenvalue weighted by molar-refractivity contribution is -0.118. The molecule has 7 heteroatoms. The van der Waals surface area contributed by atoms with Crippen molar-refractivity contribution in [1.82, 2.24) is 5.32 Å². The van der Waals surface area contributed by atoms with Crippen molar-refractivity contribution in [2.24, 2.45) is 5.73 Å². The Balaban J connectivity index is 1.73. The molecule has 1 amide bonds. The van der Waals surface area contributed by atoms with Crippen molar-refractivity contribution in [3.05, 3.63) is 35.4 Å². The van der Waals surface area contributed by atoms with Crippen LogP contribution in [0.5, 0.6) is 0 Å². The van der Waals surface area contributed by atoms with Crippen molar-refractivity contribution in [2.45, 2.75) is 37.5 Å². The molecule has 0 aromatic heterocycles. The van der Waals surface area contributed by atoms with Crippen LogP contribution in [0.3, 0.4) is 0 Å². The molecule has 1 aromatic carbocycles. The molecule has 1 fully saturated rings. The summed E-state index contributed by atoms with van der Waals surface area (Å²) in [5, 5.41) is 2.87. The van der Waals surface area contributed by atoms with Crippen LogP contribution in [0.4, 0.5) is 0 Å². The molecular formula is C17H26N2O3S2. The second kappa shape index (κ2) is 8.36. The highest BCUT2D eigenvalue weighted by atomic mass is 32.2. The number of carbonyl (C=O) groups excluding carboxylic acids is 1. The van der Waals surface area contributed by atoms with E-state index in [0.717, 1.165) is 5.56 Å². The zero-order valence-electron chi connectivity index (χ0n) is 14.2. The predicted molar refractivity (Wildman–Crippen MR) is 100.0 cm³/mol. The number of benzene rings is 1. The van der Waals surface area contributed by atoms with Gasteiger partial charge in [-0.25, -0.2) is 8.42 Å². The third-order valence-corrected chi connectivity index (χ3v) is 7.47. The van der Waals surface area contributed by atoms with E-state index in [4.69, 9.17) is 5.73 Å². The van der Waals surface area contributed by atoms with Gasteiger partial charge in [0.05, 0.1) is 17.3 Å². The van der Waals surface area contributed by atoms with Gasteiger partial charge in [-0.05, 0) is 23.5 Å². The third kappa shape index (κ3) is 5.79. The van der Waals surface area contributed by atoms with Gasteiger partial charge in [0.2, 0.25) is 5.91 Å². The molecule has 0 spiro atoms. The maximum atomic E-state index is 11.9. The maximum absolute atomic E-state index is 11.9. The summed E-state index contributed by atoms with van der Waals surface area (Å²) in [5.74, 6) is 1.08. The first-order valence-corrected chi connectivity index (χ1v) is 11.1. The Morgan fingerprint density at radius 1 is 1.29 bits per heavy atom. The fourth-order valence-electron chi connectivity index (χ4n) is 2.61. The van der Waals surface area contributed by atoms with Crippen LogP contribution in [0.15, 0.2) is 24.3 Å². The zero-order chi connectivity index (χ0) is 17.7. The minimum atomic E-state index is -2.89. The van der Waals surface area contributed by atoms with Crippen LogP contribution in [0.25, 0.3) is 0 Å². The van der Waals surface area contributed by atoms with Crippen LogP contribution in [0.2, 0.25) is 0 Å². The maximum Gasteiger partial charge on any atom is 0.230 e. The molecule has 1 heterocycles. The van der Waals surface area contributed by atoms with Gasteiger partial charge in [0.15, 0.2) is 9.84 Å². The van der Waals surface area contributed by atoms with Crippen molar-refractivity contribution in [2.75, 3.05) is 23.8 Å². The van der Waals surface area contributed by atoms with Gasteiger partial charge < -0.3 is 11.1 Å². The topological polar surface area (TPSA) is 89.3 Å². The number of nitrogens with one attached hydrogen (secondary N) is 1. The van der Waals surface area contributed by atoms with E-state index >= 15 is 0 Å². The third-order valence-electron chi connectivity index (χ3n) is 4.19. The Morgan fingerprint density at radius 2 is 1.92 bits per heavy atom. The molecule has 1 aliphatic rings. The standard InChI is InChI=1S/C17H26N2O3S2/c1-12(2)13-3-5-14(6-4-13)16(18)9-19-17(20)10-23-15-7-8-24(21,22)11-15/h3-6,12,15-16H,7-11,18H2,1-2H3,(H,19,20). The van der Waals surface area contributed by atoms with E-state index in [1.807, 2.05) is 12.1 Å². The molecule has 5 nitrogen and oxygen atoms in total. The van der Waals surface area contributed by atoms with Gasteiger partial charge in [-0.15, -0.1) is 11.8 Å². The quantitative estimate of drug-likeness (QED) is 0.764. The zero-order valence-corrected chi connectivity index (χ0v) is 15.8. The van der Waals surface area contributed by atoms with Crippen molar-refractivity contribution in [3.63, 3.8) is 0 Å². The summed E-state index contributed by atoms with van der Waals surface area (Å²) in [4.78, 5) is 11.9. The lowest BCUT2D eigenvalue weighted by Crippen LogP contribution is -2.33. The molecule has 3 N–H and O–H groups in total. The highest BCUT2D eigenvalue weighted by molar-refractivity contribution is 8.02. The molecular weight excluding hydrogens is 344 g/mol. The molecule has 134 valence electrons. The van der Waals surface area contributed by atoms with Gasteiger partial charge in [-0.2, -0.15) is 0 Å². The molecule has 2 atom stereocenters. The summed E-state index contributed by atoms with van der Waals surface area (Å²) >= 11 is 1.42. The van der Waals surface area contributed by atoms with Crippen LogP contribution >= 0.6 is 11.8 Å². The van der Waals surface area contributed by atoms with Crippen molar-refractivity contribution in [3.8, 4) is 0 Å². The Hall–Kier alpha value is -1.05. The minimum Gasteiger partial charge on any atom is -0.353 e. The molecule has 24 heavy (non-hydrogen) atoms. The highest BCUT2D eigenvalue weighted by Crippen LogP contribution is 2.24. The first kappa shape index (κ1) is 19.3. The predicted octanol–water partition coefficient (Wildman–Crippen LogP) is 1.85. The SMILES string of the molecule is CC(C)c1ccc(C(N)CNC(=O)CSC2CCS(=O)(=O)C2)cc1. The molecule has 2 unspecified atom stereocenters. The molecule has 0 saturated carbocycles. The van der Waals surface area contributed by atoms with Crippen molar-refractivity contribution in [1.29, 1.82) is 0 Å². The molecule has 0 aliphatic carbocycles. The van der Waals surface area contributed by atoms with Gasteiger partial charge in [0.25, 0.3) is 0 Å². The van der Waals surface area contributed by atoms with E-state index in [1.54, 1.807) is 0 Å². The summed E-state index contributed by atoms with van der Waals surface area (Å²) in [6.45, 7) is 4.66. The number of carbonyl (C=O) groups is 1. The number of thioether (sulfide) groups is 1. The molecule has 1 aliphatic heterocycles. The Kier molecular flexibility index (Phi) is 6.71. The van der Waals surface area contributed by atoms with Crippen LogP contribution in [0, 0.1) is 0 Å². The lowest BCUT2D eigenvalue weighted by Gasteiger charge is -2.15. The summed E-state index contributed by atoms with van der Waals surface area (Å²) in [7, 11) is -2.89. The van der Waals surface area contributed by atoms with Gasteiger partial charge in [0, 0.05) is 17.8 Å². The van der Waals surface area contributed by atoms with E-state index in [2.05, 4.69) is 31.3 Å². The van der Waals surface area contributed by atoms with Gasteiger partial charge in [-0.3, -0.25) is 4.79 Å². The average molecular weight is 371 g/mol. The molecule has 0 bridgehead atoms. The largest absolute Gasteiger partial charge is 0.353 e. The number of hydrogen-bond donors (Lipinski definition) is 2. The van der Waals surface area contributed by atoms with E-state index < -0.39 is 9.84 Å². The first-order valence-electron chi connectivity index (χ1n) is 8.21. The Morgan fingerprint density at radius 3 is 2.46 bits per heavy atom. The molecule has 0 radical (unpaired) electrons. The molecule has 2 rings (SSSR count).